The second-order valence-corrected chi connectivity index (χ2v) is 6.97. The highest BCUT2D eigenvalue weighted by Gasteiger charge is 1.99. The molecule has 0 bridgehead atoms. The summed E-state index contributed by atoms with van der Waals surface area (Å²) in [6, 6.07) is 15.5. The van der Waals surface area contributed by atoms with Gasteiger partial charge in [-0.15, -0.1) is 0 Å². The molecule has 1 heteroatoms. The molecule has 0 heterocycles. The molecule has 2 aromatic rings. The molecule has 0 nitrogen and oxygen atoms in total. The van der Waals surface area contributed by atoms with Gasteiger partial charge in [0.15, 0.2) is 0 Å². The smallest absolute Gasteiger partial charge is 0.0110 e. The van der Waals surface area contributed by atoms with Gasteiger partial charge in [0.1, 0.15) is 0 Å². The van der Waals surface area contributed by atoms with Gasteiger partial charge in [-0.25, -0.2) is 0 Å². The van der Waals surface area contributed by atoms with Crippen LogP contribution in [0, 0.1) is 0 Å². The van der Waals surface area contributed by atoms with E-state index in [0.717, 1.165) is 8.58 Å². The summed E-state index contributed by atoms with van der Waals surface area (Å²) in [5, 5.41) is 4.39. The van der Waals surface area contributed by atoms with Crippen molar-refractivity contribution >= 4 is 24.7 Å². The highest BCUT2D eigenvalue weighted by Crippen LogP contribution is 2.21. The molecule has 2 rings (SSSR count). The monoisotopic (exact) mass is 286 g/mol. The molecule has 108 valence electrons. The van der Waals surface area contributed by atoms with Gasteiger partial charge < -0.3 is 0 Å². The van der Waals surface area contributed by atoms with E-state index in [1.807, 2.05) is 0 Å². The van der Waals surface area contributed by atoms with Gasteiger partial charge in [0, 0.05) is 0 Å². The molecule has 0 N–H and O–H groups in total. The Kier molecular flexibility index (Phi) is 7.09. The number of benzene rings is 2. The summed E-state index contributed by atoms with van der Waals surface area (Å²) in [7, 11) is 0.971. The van der Waals surface area contributed by atoms with Gasteiger partial charge in [0.2, 0.25) is 0 Å². The highest BCUT2D eigenvalue weighted by atomic mass is 31.1. The Morgan fingerprint density at radius 2 is 1.45 bits per heavy atom. The molecule has 0 aliphatic heterocycles. The van der Waals surface area contributed by atoms with Crippen LogP contribution in [0.2, 0.25) is 0 Å². The van der Waals surface area contributed by atoms with Crippen molar-refractivity contribution in [3.05, 3.63) is 42.5 Å². The third-order valence-corrected chi connectivity index (χ3v) is 5.31. The van der Waals surface area contributed by atoms with Crippen molar-refractivity contribution in [3.8, 4) is 0 Å². The minimum absolute atomic E-state index is 0.971. The van der Waals surface area contributed by atoms with Gasteiger partial charge in [-0.3, -0.25) is 0 Å². The summed E-state index contributed by atoms with van der Waals surface area (Å²) in [5.74, 6) is 0. The van der Waals surface area contributed by atoms with E-state index in [0.29, 0.717) is 0 Å². The van der Waals surface area contributed by atoms with E-state index in [4.69, 9.17) is 0 Å². The van der Waals surface area contributed by atoms with Crippen LogP contribution in [-0.4, -0.2) is 6.16 Å². The fourth-order valence-electron chi connectivity index (χ4n) is 2.68. The SMILES string of the molecule is CCCCCCCCCPc1cccc2ccccc12. The number of hydrogen-bond acceptors (Lipinski definition) is 0. The van der Waals surface area contributed by atoms with E-state index in [9.17, 15) is 0 Å². The maximum absolute atomic E-state index is 2.31. The summed E-state index contributed by atoms with van der Waals surface area (Å²) in [6.45, 7) is 2.28. The van der Waals surface area contributed by atoms with Crippen molar-refractivity contribution in [3.63, 3.8) is 0 Å². The molecule has 0 spiro atoms. The third-order valence-electron chi connectivity index (χ3n) is 3.89. The Morgan fingerprint density at radius 3 is 2.30 bits per heavy atom. The van der Waals surface area contributed by atoms with Gasteiger partial charge in [0.25, 0.3) is 0 Å². The second-order valence-electron chi connectivity index (χ2n) is 5.57. The van der Waals surface area contributed by atoms with Crippen molar-refractivity contribution in [1.82, 2.24) is 0 Å². The molecular formula is C19H27P. The summed E-state index contributed by atoms with van der Waals surface area (Å²) in [4.78, 5) is 0. The largest absolute Gasteiger partial charge is 0.0897 e. The maximum atomic E-state index is 2.31. The molecule has 0 fully saturated rings. The van der Waals surface area contributed by atoms with Crippen LogP contribution in [0.15, 0.2) is 42.5 Å². The first-order valence-electron chi connectivity index (χ1n) is 8.13. The quantitative estimate of drug-likeness (QED) is 0.398. The van der Waals surface area contributed by atoms with Crippen LogP contribution in [0.1, 0.15) is 51.9 Å². The Balaban J connectivity index is 1.71. The van der Waals surface area contributed by atoms with Crippen molar-refractivity contribution in [2.24, 2.45) is 0 Å². The van der Waals surface area contributed by atoms with Crippen LogP contribution >= 0.6 is 8.58 Å². The Labute approximate surface area is 125 Å². The van der Waals surface area contributed by atoms with E-state index in [-0.39, 0.29) is 0 Å². The van der Waals surface area contributed by atoms with E-state index >= 15 is 0 Å². The lowest BCUT2D eigenvalue weighted by molar-refractivity contribution is 0.603. The minimum Gasteiger partial charge on any atom is -0.0897 e. The first kappa shape index (κ1) is 15.5. The lowest BCUT2D eigenvalue weighted by Crippen LogP contribution is -1.97. The van der Waals surface area contributed by atoms with Gasteiger partial charge >= 0.3 is 0 Å². The molecule has 0 aliphatic carbocycles. The van der Waals surface area contributed by atoms with Gasteiger partial charge in [0.05, 0.1) is 0 Å². The zero-order valence-corrected chi connectivity index (χ0v) is 13.7. The number of unbranched alkanes of at least 4 members (excludes halogenated alkanes) is 6. The molecule has 0 aliphatic rings. The third kappa shape index (κ3) is 4.91. The van der Waals surface area contributed by atoms with Gasteiger partial charge in [-0.05, 0) is 28.7 Å². The van der Waals surface area contributed by atoms with Crippen LogP contribution < -0.4 is 5.30 Å². The highest BCUT2D eigenvalue weighted by molar-refractivity contribution is 7.47. The first-order valence-corrected chi connectivity index (χ1v) is 9.34. The second kappa shape index (κ2) is 9.14. The average molecular weight is 286 g/mol. The molecular weight excluding hydrogens is 259 g/mol. The average Bonchev–Trinajstić information content (AvgIpc) is 2.50. The predicted octanol–water partition coefficient (Wildman–Crippen LogP) is 5.89. The van der Waals surface area contributed by atoms with E-state index in [1.165, 1.54) is 61.9 Å². The van der Waals surface area contributed by atoms with Crippen LogP contribution in [-0.2, 0) is 0 Å². The van der Waals surface area contributed by atoms with Crippen LogP contribution in [0.3, 0.4) is 0 Å². The van der Waals surface area contributed by atoms with E-state index < -0.39 is 0 Å². The fourth-order valence-corrected chi connectivity index (χ4v) is 4.01. The zero-order valence-electron chi connectivity index (χ0n) is 12.7. The molecule has 0 saturated heterocycles. The van der Waals surface area contributed by atoms with Gasteiger partial charge in [-0.2, -0.15) is 0 Å². The van der Waals surface area contributed by atoms with Crippen molar-refractivity contribution in [1.29, 1.82) is 0 Å². The summed E-state index contributed by atoms with van der Waals surface area (Å²) >= 11 is 0. The van der Waals surface area contributed by atoms with Crippen molar-refractivity contribution in [2.75, 3.05) is 6.16 Å². The Bertz CT molecular complexity index is 499. The van der Waals surface area contributed by atoms with Gasteiger partial charge in [-0.1, -0.05) is 96.5 Å². The zero-order chi connectivity index (χ0) is 14.0. The minimum atomic E-state index is 0.971. The van der Waals surface area contributed by atoms with Crippen molar-refractivity contribution < 1.29 is 0 Å². The standard InChI is InChI=1S/C19H27P/c1-2-3-4-5-6-7-10-16-20-19-15-11-13-17-12-8-9-14-18(17)19/h8-9,11-15,20H,2-7,10,16H2,1H3. The predicted molar refractivity (Wildman–Crippen MR) is 94.8 cm³/mol. The summed E-state index contributed by atoms with van der Waals surface area (Å²) in [6.07, 6.45) is 11.2. The molecule has 2 aromatic carbocycles. The lowest BCUT2D eigenvalue weighted by Gasteiger charge is -2.06. The van der Waals surface area contributed by atoms with Crippen LogP contribution in [0.25, 0.3) is 10.8 Å². The molecule has 0 aromatic heterocycles. The maximum Gasteiger partial charge on any atom is -0.0110 e. The van der Waals surface area contributed by atoms with Crippen LogP contribution in [0.5, 0.6) is 0 Å². The summed E-state index contributed by atoms with van der Waals surface area (Å²) < 4.78 is 0. The summed E-state index contributed by atoms with van der Waals surface area (Å²) in [5.41, 5.74) is 0. The van der Waals surface area contributed by atoms with Crippen molar-refractivity contribution in [2.45, 2.75) is 51.9 Å². The molecule has 0 amide bonds. The number of fused-ring (bicyclic) bond motifs is 1. The molecule has 0 saturated carbocycles. The van der Waals surface area contributed by atoms with Crippen LogP contribution in [0.4, 0.5) is 0 Å². The number of rotatable bonds is 9. The molecule has 1 unspecified atom stereocenters. The normalized spacial score (nSPS) is 11.7. The fraction of sp³-hybridized carbons (Fsp3) is 0.474. The molecule has 1 atom stereocenters. The van der Waals surface area contributed by atoms with E-state index in [2.05, 4.69) is 49.4 Å². The topological polar surface area (TPSA) is 0 Å². The first-order chi connectivity index (χ1) is 9.92. The molecule has 20 heavy (non-hydrogen) atoms. The molecule has 0 radical (unpaired) electrons. The Hall–Kier alpha value is -0.870. The van der Waals surface area contributed by atoms with E-state index in [1.54, 1.807) is 5.30 Å². The number of hydrogen-bond donors (Lipinski definition) is 0. The Morgan fingerprint density at radius 1 is 0.750 bits per heavy atom. The lowest BCUT2D eigenvalue weighted by atomic mass is 10.1.